The fourth-order valence-corrected chi connectivity index (χ4v) is 4.24. The minimum Gasteiger partial charge on any atom is -0.356 e. The first-order valence-corrected chi connectivity index (χ1v) is 9.74. The summed E-state index contributed by atoms with van der Waals surface area (Å²) in [5.74, 6) is 0.302. The molecule has 7 nitrogen and oxygen atoms in total. The van der Waals surface area contributed by atoms with Crippen molar-refractivity contribution in [3.05, 3.63) is 65.8 Å². The van der Waals surface area contributed by atoms with E-state index in [4.69, 9.17) is 4.52 Å². The summed E-state index contributed by atoms with van der Waals surface area (Å²) >= 11 is 0. The number of carbonyl (C=O) groups is 2. The number of carbonyl (C=O) groups excluding carboxylic acids is 2. The van der Waals surface area contributed by atoms with E-state index in [0.29, 0.717) is 36.8 Å². The standard InChI is InChI=1S/C22H19FN4O3/c1-22(12-19(28)24-18-4-2-3-10-27(18)22)21(29)26-11-9-16-17(13-26)25-30-20(16)14-5-7-15(23)8-6-14/h2-8,10H,9,11-13H2,1H3. The molecule has 5 rings (SSSR count). The monoisotopic (exact) mass is 406 g/mol. The van der Waals surface area contributed by atoms with Crippen molar-refractivity contribution in [2.45, 2.75) is 31.8 Å². The molecule has 1 aromatic carbocycles. The Balaban J connectivity index is 1.41. The number of aromatic nitrogens is 1. The van der Waals surface area contributed by atoms with E-state index in [1.165, 1.54) is 12.1 Å². The Bertz CT molecular complexity index is 1130. The minimum absolute atomic E-state index is 0.0104. The fraction of sp³-hybridized carbons (Fsp3) is 0.273. The Morgan fingerprint density at radius 1 is 1.23 bits per heavy atom. The van der Waals surface area contributed by atoms with Gasteiger partial charge in [0.15, 0.2) is 5.76 Å². The zero-order valence-corrected chi connectivity index (χ0v) is 16.3. The first-order chi connectivity index (χ1) is 14.5. The zero-order valence-electron chi connectivity index (χ0n) is 16.3. The smallest absolute Gasteiger partial charge is 0.250 e. The summed E-state index contributed by atoms with van der Waals surface area (Å²) in [4.78, 5) is 33.2. The molecule has 0 N–H and O–H groups in total. The number of rotatable bonds is 2. The lowest BCUT2D eigenvalue weighted by molar-refractivity contribution is -0.144. The van der Waals surface area contributed by atoms with Gasteiger partial charge >= 0.3 is 0 Å². The zero-order chi connectivity index (χ0) is 20.9. The molecule has 0 aliphatic carbocycles. The highest BCUT2D eigenvalue weighted by molar-refractivity contribution is 6.09. The van der Waals surface area contributed by atoms with Crippen LogP contribution >= 0.6 is 0 Å². The van der Waals surface area contributed by atoms with Crippen molar-refractivity contribution in [1.29, 1.82) is 0 Å². The van der Waals surface area contributed by atoms with E-state index in [0.717, 1.165) is 11.1 Å². The Labute approximate surface area is 172 Å². The summed E-state index contributed by atoms with van der Waals surface area (Å²) in [7, 11) is 0. The predicted octanol–water partition coefficient (Wildman–Crippen LogP) is 2.84. The van der Waals surface area contributed by atoms with E-state index in [1.807, 2.05) is 6.08 Å². The van der Waals surface area contributed by atoms with Crippen LogP contribution in [0, 0.1) is 5.82 Å². The number of halogens is 1. The fourth-order valence-electron chi connectivity index (χ4n) is 4.24. The van der Waals surface area contributed by atoms with Crippen molar-refractivity contribution in [2.24, 2.45) is 4.99 Å². The van der Waals surface area contributed by atoms with Crippen molar-refractivity contribution < 1.29 is 18.5 Å². The quantitative estimate of drug-likeness (QED) is 0.766. The third-order valence-corrected chi connectivity index (χ3v) is 5.80. The maximum absolute atomic E-state index is 13.5. The van der Waals surface area contributed by atoms with Crippen LogP contribution in [0.2, 0.25) is 0 Å². The van der Waals surface area contributed by atoms with Crippen LogP contribution in [0.5, 0.6) is 0 Å². The van der Waals surface area contributed by atoms with E-state index in [2.05, 4.69) is 10.1 Å². The van der Waals surface area contributed by atoms with Crippen LogP contribution in [0.3, 0.4) is 0 Å². The lowest BCUT2D eigenvalue weighted by Gasteiger charge is -2.44. The van der Waals surface area contributed by atoms with Crippen molar-refractivity contribution in [1.82, 2.24) is 15.0 Å². The van der Waals surface area contributed by atoms with Gasteiger partial charge in [0.1, 0.15) is 22.9 Å². The Morgan fingerprint density at radius 2 is 2.03 bits per heavy atom. The highest BCUT2D eigenvalue weighted by Gasteiger charge is 2.47. The molecule has 8 heteroatoms. The Kier molecular flexibility index (Phi) is 4.16. The lowest BCUT2D eigenvalue weighted by atomic mass is 9.89. The average molecular weight is 406 g/mol. The molecule has 3 aliphatic heterocycles. The second kappa shape index (κ2) is 6.76. The number of amidine groups is 1. The molecule has 0 saturated heterocycles. The van der Waals surface area contributed by atoms with Crippen LogP contribution in [0.25, 0.3) is 11.3 Å². The molecule has 3 aliphatic rings. The summed E-state index contributed by atoms with van der Waals surface area (Å²) in [6, 6.07) is 6.06. The number of amides is 2. The van der Waals surface area contributed by atoms with Crippen molar-refractivity contribution in [3.8, 4) is 11.3 Å². The van der Waals surface area contributed by atoms with Gasteiger partial charge in [-0.15, -0.1) is 0 Å². The van der Waals surface area contributed by atoms with Gasteiger partial charge in [-0.3, -0.25) is 9.59 Å². The summed E-state index contributed by atoms with van der Waals surface area (Å²) < 4.78 is 18.8. The van der Waals surface area contributed by atoms with Crippen LogP contribution < -0.4 is 0 Å². The largest absolute Gasteiger partial charge is 0.356 e. The van der Waals surface area contributed by atoms with Crippen molar-refractivity contribution in [3.63, 3.8) is 0 Å². The number of nitrogens with zero attached hydrogens (tertiary/aromatic N) is 4. The number of hydrogen-bond donors (Lipinski definition) is 0. The number of aliphatic imine (C=N–C) groups is 1. The normalized spacial score (nSPS) is 22.6. The van der Waals surface area contributed by atoms with E-state index in [-0.39, 0.29) is 24.1 Å². The molecule has 30 heavy (non-hydrogen) atoms. The van der Waals surface area contributed by atoms with Crippen molar-refractivity contribution >= 4 is 17.6 Å². The van der Waals surface area contributed by atoms with Gasteiger partial charge in [0.05, 0.1) is 13.0 Å². The third kappa shape index (κ3) is 2.87. The van der Waals surface area contributed by atoms with Gasteiger partial charge in [-0.05, 0) is 49.8 Å². The average Bonchev–Trinajstić information content (AvgIpc) is 3.17. The van der Waals surface area contributed by atoms with Gasteiger partial charge in [-0.25, -0.2) is 4.39 Å². The van der Waals surface area contributed by atoms with Crippen molar-refractivity contribution in [2.75, 3.05) is 6.54 Å². The molecule has 152 valence electrons. The van der Waals surface area contributed by atoms with Gasteiger partial charge in [0.25, 0.3) is 5.91 Å². The van der Waals surface area contributed by atoms with Gasteiger partial charge in [0, 0.05) is 23.9 Å². The SMILES string of the molecule is CC1(C(=O)N2CCc3c(noc3-c3ccc(F)cc3)C2)CC(=O)N=C2C=CC=CN21. The van der Waals surface area contributed by atoms with Crippen LogP contribution in [0.1, 0.15) is 24.6 Å². The van der Waals surface area contributed by atoms with Crippen LogP contribution in [-0.4, -0.2) is 44.7 Å². The summed E-state index contributed by atoms with van der Waals surface area (Å²) in [6.45, 7) is 2.54. The molecule has 0 spiro atoms. The van der Waals surface area contributed by atoms with Crippen LogP contribution in [0.4, 0.5) is 4.39 Å². The summed E-state index contributed by atoms with van der Waals surface area (Å²) in [5, 5.41) is 4.16. The van der Waals surface area contributed by atoms with Crippen LogP contribution in [-0.2, 0) is 22.6 Å². The first-order valence-electron chi connectivity index (χ1n) is 9.74. The summed E-state index contributed by atoms with van der Waals surface area (Å²) in [6.07, 6.45) is 7.69. The molecule has 0 saturated carbocycles. The maximum atomic E-state index is 13.5. The molecule has 2 aromatic rings. The van der Waals surface area contributed by atoms with Crippen LogP contribution in [0.15, 0.2) is 58.2 Å². The molecule has 0 fully saturated rings. The number of allylic oxidation sites excluding steroid dienone is 2. The Morgan fingerprint density at radius 3 is 2.83 bits per heavy atom. The molecule has 2 amide bonds. The molecule has 1 unspecified atom stereocenters. The van der Waals surface area contributed by atoms with E-state index in [1.54, 1.807) is 47.2 Å². The second-order valence-electron chi connectivity index (χ2n) is 7.81. The Hall–Kier alpha value is -3.55. The molecule has 0 radical (unpaired) electrons. The highest BCUT2D eigenvalue weighted by atomic mass is 19.1. The molecule has 4 heterocycles. The van der Waals surface area contributed by atoms with E-state index in [9.17, 15) is 14.0 Å². The lowest BCUT2D eigenvalue weighted by Crippen LogP contribution is -2.61. The number of benzene rings is 1. The molecular weight excluding hydrogens is 387 g/mol. The number of fused-ring (bicyclic) bond motifs is 2. The van der Waals surface area contributed by atoms with Gasteiger partial charge in [-0.2, -0.15) is 4.99 Å². The molecule has 1 atom stereocenters. The van der Waals surface area contributed by atoms with E-state index >= 15 is 0 Å². The maximum Gasteiger partial charge on any atom is 0.250 e. The molecule has 1 aromatic heterocycles. The second-order valence-corrected chi connectivity index (χ2v) is 7.81. The first kappa shape index (κ1) is 18.5. The van der Waals surface area contributed by atoms with Gasteiger partial charge in [-0.1, -0.05) is 11.2 Å². The molecular formula is C22H19FN4O3. The highest BCUT2D eigenvalue weighted by Crippen LogP contribution is 2.34. The third-order valence-electron chi connectivity index (χ3n) is 5.80. The topological polar surface area (TPSA) is 79.0 Å². The van der Waals surface area contributed by atoms with Gasteiger partial charge < -0.3 is 14.3 Å². The minimum atomic E-state index is -1.05. The summed E-state index contributed by atoms with van der Waals surface area (Å²) in [5.41, 5.74) is 1.32. The van der Waals surface area contributed by atoms with E-state index < -0.39 is 5.54 Å². The van der Waals surface area contributed by atoms with Gasteiger partial charge in [0.2, 0.25) is 5.91 Å². The predicted molar refractivity (Wildman–Crippen MR) is 107 cm³/mol. The number of hydrogen-bond acceptors (Lipinski definition) is 5. The molecule has 0 bridgehead atoms.